The Kier molecular flexibility index (Phi) is 6.09. The van der Waals surface area contributed by atoms with Crippen molar-refractivity contribution in [3.05, 3.63) is 0 Å². The molecule has 0 spiro atoms. The Hall–Kier alpha value is -0.530. The van der Waals surface area contributed by atoms with Gasteiger partial charge in [0.25, 0.3) is 0 Å². The highest BCUT2D eigenvalue weighted by molar-refractivity contribution is 5.68. The van der Waals surface area contributed by atoms with Crippen molar-refractivity contribution in [1.29, 1.82) is 0 Å². The van der Waals surface area contributed by atoms with E-state index < -0.39 is 0 Å². The summed E-state index contributed by atoms with van der Waals surface area (Å²) >= 11 is 0. The molecule has 0 amide bonds. The summed E-state index contributed by atoms with van der Waals surface area (Å²) < 4.78 is 5.35. The van der Waals surface area contributed by atoms with E-state index in [2.05, 4.69) is 34.6 Å². The van der Waals surface area contributed by atoms with Gasteiger partial charge in [-0.1, -0.05) is 54.4 Å². The third kappa shape index (κ3) is 5.85. The molecule has 0 bridgehead atoms. The fourth-order valence-electron chi connectivity index (χ4n) is 3.72. The van der Waals surface area contributed by atoms with Crippen LogP contribution < -0.4 is 0 Å². The zero-order valence-electron chi connectivity index (χ0n) is 14.4. The summed E-state index contributed by atoms with van der Waals surface area (Å²) in [5.74, 6) is 1.47. The quantitative estimate of drug-likeness (QED) is 0.625. The highest BCUT2D eigenvalue weighted by atomic mass is 16.5. The highest BCUT2D eigenvalue weighted by Crippen LogP contribution is 2.44. The first-order valence-electron chi connectivity index (χ1n) is 8.31. The van der Waals surface area contributed by atoms with Crippen LogP contribution in [0.1, 0.15) is 80.1 Å². The molecule has 0 aromatic heterocycles. The van der Waals surface area contributed by atoms with Crippen molar-refractivity contribution in [2.24, 2.45) is 22.7 Å². The van der Waals surface area contributed by atoms with Crippen molar-refractivity contribution < 1.29 is 9.53 Å². The molecule has 118 valence electrons. The smallest absolute Gasteiger partial charge is 0.305 e. The lowest BCUT2D eigenvalue weighted by atomic mass is 9.66. The zero-order valence-corrected chi connectivity index (χ0v) is 14.4. The maximum Gasteiger partial charge on any atom is 0.305 e. The molecule has 0 heterocycles. The number of rotatable bonds is 6. The van der Waals surface area contributed by atoms with Gasteiger partial charge in [0, 0.05) is 6.42 Å². The predicted octanol–water partition coefficient (Wildman–Crippen LogP) is 5.21. The lowest BCUT2D eigenvalue weighted by Gasteiger charge is -2.40. The summed E-state index contributed by atoms with van der Waals surface area (Å²) in [5, 5.41) is 0. The molecule has 0 aromatic carbocycles. The highest BCUT2D eigenvalue weighted by Gasteiger charge is 2.33. The SMILES string of the molecule is CCC(=O)OCC(C)(C)CC(C)C1CCCC(C)(C)C1. The van der Waals surface area contributed by atoms with Crippen LogP contribution in [0.4, 0.5) is 0 Å². The van der Waals surface area contributed by atoms with Crippen LogP contribution in [0.15, 0.2) is 0 Å². The normalized spacial score (nSPS) is 24.2. The van der Waals surface area contributed by atoms with E-state index in [1.54, 1.807) is 0 Å². The Balaban J connectivity index is 2.47. The second-order valence-electron chi connectivity index (χ2n) is 8.38. The second-order valence-corrected chi connectivity index (χ2v) is 8.38. The van der Waals surface area contributed by atoms with E-state index in [0.717, 1.165) is 12.3 Å². The molecule has 2 heteroatoms. The molecular weight excluding hydrogens is 248 g/mol. The van der Waals surface area contributed by atoms with Crippen LogP contribution in [0.25, 0.3) is 0 Å². The molecular formula is C18H34O2. The number of hydrogen-bond acceptors (Lipinski definition) is 2. The Bertz CT molecular complexity index is 317. The molecule has 0 radical (unpaired) electrons. The van der Waals surface area contributed by atoms with E-state index >= 15 is 0 Å². The largest absolute Gasteiger partial charge is 0.465 e. The van der Waals surface area contributed by atoms with Crippen molar-refractivity contribution in [3.8, 4) is 0 Å². The van der Waals surface area contributed by atoms with Crippen molar-refractivity contribution >= 4 is 5.97 Å². The molecule has 2 unspecified atom stereocenters. The first kappa shape index (κ1) is 17.5. The number of hydrogen-bond donors (Lipinski definition) is 0. The van der Waals surface area contributed by atoms with Gasteiger partial charge in [0.2, 0.25) is 0 Å². The molecule has 2 nitrogen and oxygen atoms in total. The molecule has 1 aliphatic rings. The summed E-state index contributed by atoms with van der Waals surface area (Å²) in [6.07, 6.45) is 7.07. The van der Waals surface area contributed by atoms with Gasteiger partial charge in [-0.05, 0) is 41.9 Å². The van der Waals surface area contributed by atoms with Gasteiger partial charge in [0.1, 0.15) is 0 Å². The molecule has 0 aliphatic heterocycles. The van der Waals surface area contributed by atoms with E-state index in [1.165, 1.54) is 25.7 Å². The van der Waals surface area contributed by atoms with E-state index in [-0.39, 0.29) is 11.4 Å². The van der Waals surface area contributed by atoms with Crippen LogP contribution in [-0.4, -0.2) is 12.6 Å². The summed E-state index contributed by atoms with van der Waals surface area (Å²) in [6, 6.07) is 0. The van der Waals surface area contributed by atoms with Crippen molar-refractivity contribution in [2.45, 2.75) is 80.1 Å². The number of ether oxygens (including phenoxy) is 1. The Morgan fingerprint density at radius 1 is 1.40 bits per heavy atom. The zero-order chi connectivity index (χ0) is 15.4. The molecule has 1 aliphatic carbocycles. The van der Waals surface area contributed by atoms with Gasteiger partial charge in [0.05, 0.1) is 6.61 Å². The fraction of sp³-hybridized carbons (Fsp3) is 0.944. The molecule has 20 heavy (non-hydrogen) atoms. The van der Waals surface area contributed by atoms with Crippen LogP contribution in [-0.2, 0) is 9.53 Å². The van der Waals surface area contributed by atoms with E-state index in [9.17, 15) is 4.79 Å². The maximum atomic E-state index is 11.3. The van der Waals surface area contributed by atoms with Crippen LogP contribution in [0, 0.1) is 22.7 Å². The minimum Gasteiger partial charge on any atom is -0.465 e. The minimum atomic E-state index is -0.0791. The first-order chi connectivity index (χ1) is 9.15. The van der Waals surface area contributed by atoms with Crippen LogP contribution in [0.2, 0.25) is 0 Å². The molecule has 1 rings (SSSR count). The van der Waals surface area contributed by atoms with Gasteiger partial charge < -0.3 is 4.74 Å². The topological polar surface area (TPSA) is 26.3 Å². The molecule has 1 saturated carbocycles. The fourth-order valence-corrected chi connectivity index (χ4v) is 3.72. The second kappa shape index (κ2) is 6.95. The Morgan fingerprint density at radius 3 is 2.60 bits per heavy atom. The van der Waals surface area contributed by atoms with E-state index in [1.807, 2.05) is 6.92 Å². The number of carbonyl (C=O) groups is 1. The lowest BCUT2D eigenvalue weighted by molar-refractivity contribution is -0.146. The summed E-state index contributed by atoms with van der Waals surface area (Å²) in [4.78, 5) is 11.3. The van der Waals surface area contributed by atoms with E-state index in [0.29, 0.717) is 24.4 Å². The summed E-state index contributed by atoms with van der Waals surface area (Å²) in [6.45, 7) is 14.0. The average molecular weight is 282 g/mol. The molecule has 0 aromatic rings. The summed E-state index contributed by atoms with van der Waals surface area (Å²) in [5.41, 5.74) is 0.599. The molecule has 1 fully saturated rings. The van der Waals surface area contributed by atoms with Gasteiger partial charge in [-0.3, -0.25) is 4.79 Å². The summed E-state index contributed by atoms with van der Waals surface area (Å²) in [7, 11) is 0. The van der Waals surface area contributed by atoms with Gasteiger partial charge in [0.15, 0.2) is 0 Å². The average Bonchev–Trinajstić information content (AvgIpc) is 2.34. The van der Waals surface area contributed by atoms with Crippen LogP contribution in [0.5, 0.6) is 0 Å². The van der Waals surface area contributed by atoms with Gasteiger partial charge in [-0.15, -0.1) is 0 Å². The lowest BCUT2D eigenvalue weighted by Crippen LogP contribution is -2.31. The third-order valence-electron chi connectivity index (χ3n) is 4.84. The van der Waals surface area contributed by atoms with E-state index in [4.69, 9.17) is 4.74 Å². The first-order valence-corrected chi connectivity index (χ1v) is 8.31. The van der Waals surface area contributed by atoms with Crippen molar-refractivity contribution in [3.63, 3.8) is 0 Å². The number of carbonyl (C=O) groups excluding carboxylic acids is 1. The Morgan fingerprint density at radius 2 is 2.05 bits per heavy atom. The van der Waals surface area contributed by atoms with Crippen molar-refractivity contribution in [1.82, 2.24) is 0 Å². The monoisotopic (exact) mass is 282 g/mol. The maximum absolute atomic E-state index is 11.3. The predicted molar refractivity (Wildman–Crippen MR) is 84.6 cm³/mol. The van der Waals surface area contributed by atoms with Gasteiger partial charge in [-0.2, -0.15) is 0 Å². The molecule has 2 atom stereocenters. The molecule has 0 saturated heterocycles. The van der Waals surface area contributed by atoms with Gasteiger partial charge >= 0.3 is 5.97 Å². The van der Waals surface area contributed by atoms with Crippen molar-refractivity contribution in [2.75, 3.05) is 6.61 Å². The van der Waals surface area contributed by atoms with Crippen LogP contribution >= 0.6 is 0 Å². The standard InChI is InChI=1S/C18H34O2/c1-7-16(19)20-13-18(5,6)11-14(2)15-9-8-10-17(3,4)12-15/h14-15H,7-13H2,1-6H3. The third-order valence-corrected chi connectivity index (χ3v) is 4.84. The minimum absolute atomic E-state index is 0.0791. The Labute approximate surface area is 125 Å². The van der Waals surface area contributed by atoms with Gasteiger partial charge in [-0.25, -0.2) is 0 Å². The van der Waals surface area contributed by atoms with Crippen LogP contribution in [0.3, 0.4) is 0 Å². The number of esters is 1. The molecule has 0 N–H and O–H groups in total.